The van der Waals surface area contributed by atoms with Crippen LogP contribution < -0.4 is 0 Å². The monoisotopic (exact) mass is 290 g/mol. The molecule has 0 amide bonds. The van der Waals surface area contributed by atoms with Crippen molar-refractivity contribution in [3.8, 4) is 0 Å². The van der Waals surface area contributed by atoms with Gasteiger partial charge in [0.15, 0.2) is 0 Å². The number of ether oxygens (including phenoxy) is 1. The Balaban J connectivity index is 2.86. The molecule has 0 aromatic heterocycles. The highest BCUT2D eigenvalue weighted by Crippen LogP contribution is 2.25. The number of hydrogen-bond donors (Lipinski definition) is 0. The summed E-state index contributed by atoms with van der Waals surface area (Å²) >= 11 is 0. The van der Waals surface area contributed by atoms with Crippen LogP contribution in [0, 0.1) is 0 Å². The van der Waals surface area contributed by atoms with E-state index in [2.05, 4.69) is 6.92 Å². The van der Waals surface area contributed by atoms with Gasteiger partial charge >= 0.3 is 0 Å². The Kier molecular flexibility index (Phi) is 6.12. The summed E-state index contributed by atoms with van der Waals surface area (Å²) in [4.78, 5) is 0.124. The second-order valence-corrected chi connectivity index (χ2v) is 6.66. The van der Waals surface area contributed by atoms with Gasteiger partial charge in [0.05, 0.1) is 11.0 Å². The van der Waals surface area contributed by atoms with E-state index in [4.69, 9.17) is 15.4 Å². The molecule has 0 saturated carbocycles. The van der Waals surface area contributed by atoms with Crippen molar-refractivity contribution in [2.45, 2.75) is 44.1 Å². The van der Waals surface area contributed by atoms with E-state index in [1.54, 1.807) is 12.1 Å². The zero-order chi connectivity index (χ0) is 13.6. The van der Waals surface area contributed by atoms with Crippen LogP contribution in [0.2, 0.25) is 0 Å². The summed E-state index contributed by atoms with van der Waals surface area (Å²) in [6, 6.07) is 6.59. The van der Waals surface area contributed by atoms with E-state index in [1.165, 1.54) is 12.1 Å². The van der Waals surface area contributed by atoms with Crippen molar-refractivity contribution in [2.24, 2.45) is 0 Å². The summed E-state index contributed by atoms with van der Waals surface area (Å²) in [5, 5.41) is 0. The molecule has 1 unspecified atom stereocenters. The van der Waals surface area contributed by atoms with E-state index in [1.807, 2.05) is 6.92 Å². The summed E-state index contributed by atoms with van der Waals surface area (Å²) < 4.78 is 28.0. The van der Waals surface area contributed by atoms with Gasteiger partial charge in [0.1, 0.15) is 0 Å². The van der Waals surface area contributed by atoms with E-state index < -0.39 is 9.05 Å². The molecule has 1 rings (SSSR count). The lowest BCUT2D eigenvalue weighted by molar-refractivity contribution is 0.0545. The van der Waals surface area contributed by atoms with E-state index in [-0.39, 0.29) is 11.0 Å². The van der Waals surface area contributed by atoms with Crippen LogP contribution in [0.25, 0.3) is 0 Å². The second kappa shape index (κ2) is 7.12. The fourth-order valence-corrected chi connectivity index (χ4v) is 2.55. The van der Waals surface area contributed by atoms with E-state index in [9.17, 15) is 8.42 Å². The molecule has 0 saturated heterocycles. The lowest BCUT2D eigenvalue weighted by Crippen LogP contribution is -2.04. The molecule has 0 heterocycles. The molecular weight excluding hydrogens is 272 g/mol. The molecular formula is C13H19ClO3S. The number of rotatable bonds is 7. The standard InChI is InChI=1S/C13H19ClO3S/c1-3-5-6-13(17-4-2)11-7-9-12(10-8-11)18(14,15)16/h7-10,13H,3-6H2,1-2H3. The smallest absolute Gasteiger partial charge is 0.261 e. The maximum Gasteiger partial charge on any atom is 0.261 e. The Bertz CT molecular complexity index is 454. The Hall–Kier alpha value is -0.580. The molecule has 0 aliphatic heterocycles. The van der Waals surface area contributed by atoms with Gasteiger partial charge in [-0.3, -0.25) is 0 Å². The molecule has 1 aromatic carbocycles. The minimum absolute atomic E-state index is 0.0297. The first-order chi connectivity index (χ1) is 8.49. The molecule has 0 aliphatic rings. The molecule has 102 valence electrons. The zero-order valence-corrected chi connectivity index (χ0v) is 12.3. The summed E-state index contributed by atoms with van der Waals surface area (Å²) in [7, 11) is 1.63. The third-order valence-corrected chi connectivity index (χ3v) is 4.09. The number of hydrogen-bond acceptors (Lipinski definition) is 3. The minimum Gasteiger partial charge on any atom is -0.374 e. The van der Waals surface area contributed by atoms with Gasteiger partial charge < -0.3 is 4.74 Å². The van der Waals surface area contributed by atoms with E-state index >= 15 is 0 Å². The Labute approximate surface area is 114 Å². The van der Waals surface area contributed by atoms with Crippen molar-refractivity contribution in [3.63, 3.8) is 0 Å². The van der Waals surface area contributed by atoms with Gasteiger partial charge in [0.2, 0.25) is 0 Å². The van der Waals surface area contributed by atoms with Gasteiger partial charge in [-0.25, -0.2) is 8.42 Å². The van der Waals surface area contributed by atoms with Crippen molar-refractivity contribution < 1.29 is 13.2 Å². The molecule has 3 nitrogen and oxygen atoms in total. The lowest BCUT2D eigenvalue weighted by atomic mass is 10.0. The van der Waals surface area contributed by atoms with Gasteiger partial charge in [-0.2, -0.15) is 0 Å². The minimum atomic E-state index is -3.64. The van der Waals surface area contributed by atoms with Gasteiger partial charge in [-0.05, 0) is 31.0 Å². The Morgan fingerprint density at radius 2 is 1.83 bits per heavy atom. The highest BCUT2D eigenvalue weighted by Gasteiger charge is 2.14. The molecule has 0 aliphatic carbocycles. The molecule has 0 bridgehead atoms. The maximum absolute atomic E-state index is 11.1. The fraction of sp³-hybridized carbons (Fsp3) is 0.538. The first-order valence-corrected chi connectivity index (χ1v) is 8.46. The molecule has 0 N–H and O–H groups in total. The number of unbranched alkanes of at least 4 members (excludes halogenated alkanes) is 1. The summed E-state index contributed by atoms with van der Waals surface area (Å²) in [5.41, 5.74) is 0.995. The summed E-state index contributed by atoms with van der Waals surface area (Å²) in [6.45, 7) is 4.73. The Morgan fingerprint density at radius 1 is 1.22 bits per heavy atom. The first kappa shape index (κ1) is 15.5. The zero-order valence-electron chi connectivity index (χ0n) is 10.7. The number of benzene rings is 1. The predicted molar refractivity (Wildman–Crippen MR) is 73.4 cm³/mol. The maximum atomic E-state index is 11.1. The van der Waals surface area contributed by atoms with Crippen LogP contribution in [0.3, 0.4) is 0 Å². The molecule has 0 spiro atoms. The van der Waals surface area contributed by atoms with E-state index in [0.717, 1.165) is 24.8 Å². The van der Waals surface area contributed by atoms with Gasteiger partial charge in [0.25, 0.3) is 9.05 Å². The quantitative estimate of drug-likeness (QED) is 0.716. The topological polar surface area (TPSA) is 43.4 Å². The van der Waals surface area contributed by atoms with Crippen LogP contribution in [0.15, 0.2) is 29.2 Å². The molecule has 1 aromatic rings. The Morgan fingerprint density at radius 3 is 2.28 bits per heavy atom. The van der Waals surface area contributed by atoms with Crippen molar-refractivity contribution in [1.82, 2.24) is 0 Å². The van der Waals surface area contributed by atoms with Crippen LogP contribution in [-0.4, -0.2) is 15.0 Å². The van der Waals surface area contributed by atoms with Gasteiger partial charge in [0, 0.05) is 17.3 Å². The van der Waals surface area contributed by atoms with Crippen LogP contribution in [0.1, 0.15) is 44.8 Å². The van der Waals surface area contributed by atoms with Gasteiger partial charge in [-0.15, -0.1) is 0 Å². The SMILES string of the molecule is CCCCC(OCC)c1ccc(S(=O)(=O)Cl)cc1. The molecule has 0 fully saturated rings. The first-order valence-electron chi connectivity index (χ1n) is 6.15. The average molecular weight is 291 g/mol. The molecule has 1 atom stereocenters. The van der Waals surface area contributed by atoms with Gasteiger partial charge in [-0.1, -0.05) is 31.9 Å². The third kappa shape index (κ3) is 4.59. The van der Waals surface area contributed by atoms with Crippen molar-refractivity contribution >= 4 is 19.7 Å². The van der Waals surface area contributed by atoms with E-state index in [0.29, 0.717) is 6.61 Å². The van der Waals surface area contributed by atoms with Crippen LogP contribution in [-0.2, 0) is 13.8 Å². The van der Waals surface area contributed by atoms with Crippen molar-refractivity contribution in [3.05, 3.63) is 29.8 Å². The van der Waals surface area contributed by atoms with Crippen molar-refractivity contribution in [1.29, 1.82) is 0 Å². The predicted octanol–water partition coefficient (Wildman–Crippen LogP) is 3.88. The number of halogens is 1. The van der Waals surface area contributed by atoms with Crippen LogP contribution >= 0.6 is 10.7 Å². The summed E-state index contributed by atoms with van der Waals surface area (Å²) in [6.07, 6.45) is 3.16. The molecule has 18 heavy (non-hydrogen) atoms. The normalized spacial score (nSPS) is 13.5. The summed E-state index contributed by atoms with van der Waals surface area (Å²) in [5.74, 6) is 0. The third-order valence-electron chi connectivity index (χ3n) is 2.72. The highest BCUT2D eigenvalue weighted by atomic mass is 35.7. The molecule has 5 heteroatoms. The second-order valence-electron chi connectivity index (χ2n) is 4.09. The largest absolute Gasteiger partial charge is 0.374 e. The van der Waals surface area contributed by atoms with Crippen LogP contribution in [0.5, 0.6) is 0 Å². The highest BCUT2D eigenvalue weighted by molar-refractivity contribution is 8.13. The molecule has 0 radical (unpaired) electrons. The fourth-order valence-electron chi connectivity index (χ4n) is 1.78. The average Bonchev–Trinajstić information content (AvgIpc) is 2.33. The van der Waals surface area contributed by atoms with Crippen LogP contribution in [0.4, 0.5) is 0 Å². The van der Waals surface area contributed by atoms with Crippen molar-refractivity contribution in [2.75, 3.05) is 6.61 Å². The lowest BCUT2D eigenvalue weighted by Gasteiger charge is -2.17.